The molecule has 0 aliphatic rings. The first-order valence-electron chi connectivity index (χ1n) is 7.52. The van der Waals surface area contributed by atoms with Gasteiger partial charge in [0, 0.05) is 18.5 Å². The molecule has 1 unspecified atom stereocenters. The van der Waals surface area contributed by atoms with Gasteiger partial charge in [0.15, 0.2) is 11.9 Å². The standard InChI is InChI=1S/C16H16N4O5/c1-10-8-14(19-25-10)18-15(21)11(2)23-16(22)13-5-4-12(24-13)9-20-7-3-6-17-20/h3-8,11H,9H2,1-2H3,(H,18,19,21). The molecule has 0 fully saturated rings. The van der Waals surface area contributed by atoms with Crippen LogP contribution in [0.15, 0.2) is 45.6 Å². The van der Waals surface area contributed by atoms with Gasteiger partial charge in [-0.15, -0.1) is 0 Å². The molecule has 3 rings (SSSR count). The van der Waals surface area contributed by atoms with Crippen LogP contribution in [0.1, 0.15) is 29.0 Å². The van der Waals surface area contributed by atoms with Crippen LogP contribution in [0.2, 0.25) is 0 Å². The zero-order chi connectivity index (χ0) is 17.8. The predicted octanol–water partition coefficient (Wildman–Crippen LogP) is 2.00. The lowest BCUT2D eigenvalue weighted by Crippen LogP contribution is -2.30. The fourth-order valence-corrected chi connectivity index (χ4v) is 2.05. The average molecular weight is 344 g/mol. The van der Waals surface area contributed by atoms with Crippen molar-refractivity contribution < 1.29 is 23.3 Å². The molecule has 0 saturated heterocycles. The molecule has 9 heteroatoms. The number of hydrogen-bond donors (Lipinski definition) is 1. The first-order chi connectivity index (χ1) is 12.0. The number of aryl methyl sites for hydroxylation is 1. The van der Waals surface area contributed by atoms with Crippen LogP contribution in [-0.4, -0.2) is 32.9 Å². The van der Waals surface area contributed by atoms with Gasteiger partial charge < -0.3 is 19.0 Å². The quantitative estimate of drug-likeness (QED) is 0.681. The number of rotatable bonds is 6. The van der Waals surface area contributed by atoms with Crippen molar-refractivity contribution in [1.29, 1.82) is 0 Å². The van der Waals surface area contributed by atoms with Crippen molar-refractivity contribution in [2.75, 3.05) is 5.32 Å². The van der Waals surface area contributed by atoms with Gasteiger partial charge in [-0.05, 0) is 32.0 Å². The molecule has 25 heavy (non-hydrogen) atoms. The Morgan fingerprint density at radius 2 is 2.24 bits per heavy atom. The normalized spacial score (nSPS) is 11.9. The molecule has 1 atom stereocenters. The van der Waals surface area contributed by atoms with Crippen LogP contribution in [0, 0.1) is 6.92 Å². The summed E-state index contributed by atoms with van der Waals surface area (Å²) in [4.78, 5) is 24.1. The van der Waals surface area contributed by atoms with Crippen LogP contribution in [0.3, 0.4) is 0 Å². The number of carbonyl (C=O) groups is 2. The van der Waals surface area contributed by atoms with E-state index in [2.05, 4.69) is 15.6 Å². The summed E-state index contributed by atoms with van der Waals surface area (Å²) in [6, 6.07) is 6.49. The largest absolute Gasteiger partial charge is 0.452 e. The second kappa shape index (κ2) is 7.04. The van der Waals surface area contributed by atoms with Gasteiger partial charge >= 0.3 is 5.97 Å². The van der Waals surface area contributed by atoms with E-state index in [1.54, 1.807) is 42.2 Å². The van der Waals surface area contributed by atoms with E-state index in [0.29, 0.717) is 18.1 Å². The molecule has 0 radical (unpaired) electrons. The Morgan fingerprint density at radius 3 is 2.92 bits per heavy atom. The van der Waals surface area contributed by atoms with Crippen molar-refractivity contribution >= 4 is 17.7 Å². The summed E-state index contributed by atoms with van der Waals surface area (Å²) in [5, 5.41) is 10.2. The van der Waals surface area contributed by atoms with Gasteiger partial charge in [0.2, 0.25) is 5.76 Å². The number of aromatic nitrogens is 3. The molecule has 3 heterocycles. The minimum absolute atomic E-state index is 0.0130. The maximum absolute atomic E-state index is 12.1. The summed E-state index contributed by atoms with van der Waals surface area (Å²) < 4.78 is 17.0. The molecular formula is C16H16N4O5. The second-order valence-corrected chi connectivity index (χ2v) is 5.33. The molecule has 3 aromatic heterocycles. The fraction of sp³-hybridized carbons (Fsp3) is 0.250. The van der Waals surface area contributed by atoms with Crippen molar-refractivity contribution in [3.63, 3.8) is 0 Å². The molecule has 1 N–H and O–H groups in total. The Kier molecular flexibility index (Phi) is 4.64. The number of hydrogen-bond acceptors (Lipinski definition) is 7. The highest BCUT2D eigenvalue weighted by molar-refractivity contribution is 5.96. The summed E-state index contributed by atoms with van der Waals surface area (Å²) in [6.45, 7) is 3.54. The third kappa shape index (κ3) is 4.14. The number of nitrogens with one attached hydrogen (secondary N) is 1. The van der Waals surface area contributed by atoms with Crippen molar-refractivity contribution in [1.82, 2.24) is 14.9 Å². The van der Waals surface area contributed by atoms with E-state index in [9.17, 15) is 9.59 Å². The van der Waals surface area contributed by atoms with E-state index < -0.39 is 18.0 Å². The summed E-state index contributed by atoms with van der Waals surface area (Å²) in [5.74, 6) is 0.116. The van der Waals surface area contributed by atoms with Crippen LogP contribution in [0.4, 0.5) is 5.82 Å². The molecule has 0 saturated carbocycles. The number of ether oxygens (including phenoxy) is 1. The smallest absolute Gasteiger partial charge is 0.375 e. The number of amides is 1. The van der Waals surface area contributed by atoms with E-state index in [0.717, 1.165) is 0 Å². The lowest BCUT2D eigenvalue weighted by atomic mass is 10.3. The topological polar surface area (TPSA) is 112 Å². The molecule has 3 aromatic rings. The van der Waals surface area contributed by atoms with Gasteiger partial charge in [-0.1, -0.05) is 5.16 Å². The first-order valence-corrected chi connectivity index (χ1v) is 7.52. The molecule has 130 valence electrons. The van der Waals surface area contributed by atoms with Crippen LogP contribution in [0.5, 0.6) is 0 Å². The molecule has 0 spiro atoms. The number of carbonyl (C=O) groups excluding carboxylic acids is 2. The van der Waals surface area contributed by atoms with E-state index in [1.165, 1.54) is 13.0 Å². The molecule has 0 aliphatic carbocycles. The highest BCUT2D eigenvalue weighted by Crippen LogP contribution is 2.13. The molecular weight excluding hydrogens is 328 g/mol. The van der Waals surface area contributed by atoms with Crippen molar-refractivity contribution in [3.8, 4) is 0 Å². The highest BCUT2D eigenvalue weighted by Gasteiger charge is 2.22. The van der Waals surface area contributed by atoms with Crippen molar-refractivity contribution in [2.24, 2.45) is 0 Å². The third-order valence-corrected chi connectivity index (χ3v) is 3.27. The molecule has 0 aromatic carbocycles. The molecule has 9 nitrogen and oxygen atoms in total. The van der Waals surface area contributed by atoms with Gasteiger partial charge in [-0.3, -0.25) is 9.48 Å². The van der Waals surface area contributed by atoms with Gasteiger partial charge in [0.25, 0.3) is 5.91 Å². The number of furan rings is 1. The minimum Gasteiger partial charge on any atom is -0.452 e. The zero-order valence-corrected chi connectivity index (χ0v) is 13.6. The average Bonchev–Trinajstić information content (AvgIpc) is 3.30. The van der Waals surface area contributed by atoms with Gasteiger partial charge in [0.05, 0.1) is 6.54 Å². The highest BCUT2D eigenvalue weighted by atomic mass is 16.6. The summed E-state index contributed by atoms with van der Waals surface area (Å²) >= 11 is 0. The summed E-state index contributed by atoms with van der Waals surface area (Å²) in [6.07, 6.45) is 2.40. The molecule has 1 amide bonds. The first kappa shape index (κ1) is 16.5. The monoisotopic (exact) mass is 344 g/mol. The second-order valence-electron chi connectivity index (χ2n) is 5.33. The van der Waals surface area contributed by atoms with E-state index >= 15 is 0 Å². The van der Waals surface area contributed by atoms with Crippen molar-refractivity contribution in [3.05, 3.63) is 53.9 Å². The Bertz CT molecular complexity index is 865. The van der Waals surface area contributed by atoms with E-state index in [1.807, 2.05) is 0 Å². The zero-order valence-electron chi connectivity index (χ0n) is 13.6. The predicted molar refractivity (Wildman–Crippen MR) is 84.8 cm³/mol. The maximum atomic E-state index is 12.1. The Balaban J connectivity index is 1.56. The number of nitrogens with zero attached hydrogens (tertiary/aromatic N) is 3. The molecule has 0 aliphatic heterocycles. The van der Waals surface area contributed by atoms with Gasteiger partial charge in [0.1, 0.15) is 11.5 Å². The van der Waals surface area contributed by atoms with Crippen LogP contribution in [-0.2, 0) is 16.1 Å². The van der Waals surface area contributed by atoms with E-state index in [4.69, 9.17) is 13.7 Å². The van der Waals surface area contributed by atoms with Crippen molar-refractivity contribution in [2.45, 2.75) is 26.5 Å². The van der Waals surface area contributed by atoms with E-state index in [-0.39, 0.29) is 11.6 Å². The fourth-order valence-electron chi connectivity index (χ4n) is 2.05. The summed E-state index contributed by atoms with van der Waals surface area (Å²) in [5.41, 5.74) is 0. The van der Waals surface area contributed by atoms with Crippen LogP contribution in [0.25, 0.3) is 0 Å². The third-order valence-electron chi connectivity index (χ3n) is 3.27. The lowest BCUT2D eigenvalue weighted by Gasteiger charge is -2.11. The SMILES string of the molecule is Cc1cc(NC(=O)C(C)OC(=O)c2ccc(Cn3cccn3)o2)no1. The molecule has 0 bridgehead atoms. The minimum atomic E-state index is -1.02. The van der Waals surface area contributed by atoms with Gasteiger partial charge in [-0.2, -0.15) is 5.10 Å². The number of esters is 1. The van der Waals surface area contributed by atoms with Crippen LogP contribution < -0.4 is 5.32 Å². The Labute approximate surface area is 142 Å². The Morgan fingerprint density at radius 1 is 1.40 bits per heavy atom. The van der Waals surface area contributed by atoms with Gasteiger partial charge in [-0.25, -0.2) is 4.79 Å². The van der Waals surface area contributed by atoms with Crippen LogP contribution >= 0.6 is 0 Å². The maximum Gasteiger partial charge on any atom is 0.375 e. The number of anilines is 1. The Hall–Kier alpha value is -3.36. The lowest BCUT2D eigenvalue weighted by molar-refractivity contribution is -0.123. The summed E-state index contributed by atoms with van der Waals surface area (Å²) in [7, 11) is 0.